The largest absolute Gasteiger partial charge is 0.487 e. The minimum atomic E-state index is -0.0412. The van der Waals surface area contributed by atoms with E-state index in [1.165, 1.54) is 5.56 Å². The lowest BCUT2D eigenvalue weighted by atomic mass is 10.0. The maximum Gasteiger partial charge on any atom is 0.238 e. The summed E-state index contributed by atoms with van der Waals surface area (Å²) in [5, 5.41) is 17.8. The molecule has 2 unspecified atom stereocenters. The van der Waals surface area contributed by atoms with Gasteiger partial charge in [-0.2, -0.15) is 5.26 Å². The summed E-state index contributed by atoms with van der Waals surface area (Å²) in [5.41, 5.74) is 4.72. The molecule has 2 heterocycles. The molecule has 232 valence electrons. The number of piperidine rings is 1. The molecule has 2 N–H and O–H groups in total. The predicted molar refractivity (Wildman–Crippen MR) is 186 cm³/mol. The molecule has 1 aliphatic carbocycles. The molecule has 44 heavy (non-hydrogen) atoms. The second-order valence-electron chi connectivity index (χ2n) is 12.0. The van der Waals surface area contributed by atoms with E-state index in [0.717, 1.165) is 88.8 Å². The molecule has 1 saturated heterocycles. The molecule has 1 aliphatic heterocycles. The third-order valence-electron chi connectivity index (χ3n) is 8.33. The van der Waals surface area contributed by atoms with Gasteiger partial charge >= 0.3 is 0 Å². The smallest absolute Gasteiger partial charge is 0.238 e. The molecule has 8 nitrogen and oxygen atoms in total. The number of ether oxygens (including phenoxy) is 2. The summed E-state index contributed by atoms with van der Waals surface area (Å²) < 4.78 is 13.3. The van der Waals surface area contributed by atoms with Gasteiger partial charge in [0.2, 0.25) is 11.8 Å². The van der Waals surface area contributed by atoms with Gasteiger partial charge in [-0.3, -0.25) is 9.69 Å². The highest BCUT2D eigenvalue weighted by Crippen LogP contribution is 2.49. The Bertz CT molecular complexity index is 1550. The van der Waals surface area contributed by atoms with Crippen LogP contribution in [0.2, 0.25) is 0 Å². The van der Waals surface area contributed by atoms with Crippen LogP contribution >= 0.6 is 34.4 Å². The molecule has 3 aromatic rings. The average Bonchev–Trinajstić information content (AvgIpc) is 3.75. The Labute approximate surface area is 273 Å². The molecule has 0 spiro atoms. The summed E-state index contributed by atoms with van der Waals surface area (Å²) >= 11 is 3.58. The van der Waals surface area contributed by atoms with Crippen LogP contribution in [0.1, 0.15) is 48.9 Å². The molecule has 1 saturated carbocycles. The number of carbonyl (C=O) groups excluding carboxylic acids is 1. The normalized spacial score (nSPS) is 16.2. The van der Waals surface area contributed by atoms with E-state index in [0.29, 0.717) is 25.5 Å². The number of amides is 1. The monoisotopic (exact) mass is 695 g/mol. The van der Waals surface area contributed by atoms with Crippen LogP contribution < -0.4 is 30.7 Å². The number of carbonyl (C=O) groups is 1. The van der Waals surface area contributed by atoms with Gasteiger partial charge in [0.15, 0.2) is 0 Å². The van der Waals surface area contributed by atoms with E-state index in [9.17, 15) is 10.1 Å². The van der Waals surface area contributed by atoms with Crippen molar-refractivity contribution in [2.45, 2.75) is 58.7 Å². The Morgan fingerprint density at radius 2 is 1.91 bits per heavy atom. The van der Waals surface area contributed by atoms with Crippen LogP contribution in [0.4, 0.5) is 11.4 Å². The molecule has 2 fully saturated rings. The quantitative estimate of drug-likeness (QED) is 0.237. The molecule has 11 heteroatoms. The Hall–Kier alpha value is -2.75. The topological polar surface area (TPSA) is 99.5 Å². The molecular formula is C33H40BrN5O3P2. The summed E-state index contributed by atoms with van der Waals surface area (Å²) in [6, 6.07) is 16.3. The number of benzene rings is 2. The van der Waals surface area contributed by atoms with E-state index in [-0.39, 0.29) is 17.4 Å². The van der Waals surface area contributed by atoms with Crippen LogP contribution in [0.5, 0.6) is 11.6 Å². The maximum atomic E-state index is 13.1. The molecule has 0 radical (unpaired) electrons. The van der Waals surface area contributed by atoms with Crippen LogP contribution in [0.15, 0.2) is 46.9 Å². The second kappa shape index (κ2) is 14.6. The standard InChI is InChI=1S/C33H40BrN5O3P2/c1-21-3-4-27(29(44)15-21)41-19-26-28(43)5-6-31(37-26)42-24-7-13-39(14-8-24)18-30(40)38-32-22(2)16-23(34)17-25(32)36-20-33(9-10-33)11-12-35/h3-6,15-17,24,36H,7-11,13-14,18-20,43-44H2,1-2H3,(H,38,40). The van der Waals surface area contributed by atoms with Gasteiger partial charge in [0.25, 0.3) is 0 Å². The zero-order chi connectivity index (χ0) is 31.3. The Kier molecular flexibility index (Phi) is 10.8. The average molecular weight is 697 g/mol. The van der Waals surface area contributed by atoms with Gasteiger partial charge in [-0.1, -0.05) is 27.6 Å². The third kappa shape index (κ3) is 8.70. The first-order valence-corrected chi connectivity index (χ1v) is 16.9. The lowest BCUT2D eigenvalue weighted by Gasteiger charge is -2.31. The van der Waals surface area contributed by atoms with E-state index in [1.54, 1.807) is 0 Å². The van der Waals surface area contributed by atoms with Crippen LogP contribution in [-0.4, -0.2) is 48.1 Å². The number of hydrogen-bond acceptors (Lipinski definition) is 7. The van der Waals surface area contributed by atoms with Crippen LogP contribution in [-0.2, 0) is 11.4 Å². The number of nitriles is 1. The molecule has 1 amide bonds. The Morgan fingerprint density at radius 3 is 2.61 bits per heavy atom. The van der Waals surface area contributed by atoms with Gasteiger partial charge in [-0.25, -0.2) is 4.98 Å². The summed E-state index contributed by atoms with van der Waals surface area (Å²) in [4.78, 5) is 20.0. The lowest BCUT2D eigenvalue weighted by molar-refractivity contribution is -0.117. The molecule has 5 rings (SSSR count). The van der Waals surface area contributed by atoms with E-state index in [1.807, 2.05) is 43.3 Å². The van der Waals surface area contributed by atoms with E-state index >= 15 is 0 Å². The first kappa shape index (κ1) is 32.6. The highest BCUT2D eigenvalue weighted by atomic mass is 79.9. The maximum absolute atomic E-state index is 13.1. The minimum absolute atomic E-state index is 0.0364. The van der Waals surface area contributed by atoms with Gasteiger partial charge in [-0.15, -0.1) is 18.5 Å². The van der Waals surface area contributed by atoms with Crippen molar-refractivity contribution in [3.63, 3.8) is 0 Å². The number of halogens is 1. The number of anilines is 2. The summed E-state index contributed by atoms with van der Waals surface area (Å²) in [5.74, 6) is 1.37. The molecule has 2 aromatic carbocycles. The second-order valence-corrected chi connectivity index (χ2v) is 14.2. The number of aryl methyl sites for hydroxylation is 2. The zero-order valence-electron chi connectivity index (χ0n) is 25.3. The van der Waals surface area contributed by atoms with Crippen molar-refractivity contribution in [3.05, 3.63) is 63.8 Å². The SMILES string of the molecule is Cc1ccc(OCc2nc(OC3CCN(CC(=O)Nc4c(C)cc(Br)cc4NCC4(CC#N)CC4)CC3)ccc2P)c(P)c1. The van der Waals surface area contributed by atoms with Crippen molar-refractivity contribution in [2.75, 3.05) is 36.8 Å². The van der Waals surface area contributed by atoms with E-state index in [4.69, 9.17) is 14.5 Å². The zero-order valence-corrected chi connectivity index (χ0v) is 29.2. The number of aromatic nitrogens is 1. The number of nitrogens with one attached hydrogen (secondary N) is 2. The highest BCUT2D eigenvalue weighted by molar-refractivity contribution is 9.10. The van der Waals surface area contributed by atoms with Crippen molar-refractivity contribution in [1.82, 2.24) is 9.88 Å². The number of likely N-dealkylation sites (tertiary alicyclic amines) is 1. The molecule has 2 aliphatic rings. The van der Waals surface area contributed by atoms with Crippen LogP contribution in [0.3, 0.4) is 0 Å². The van der Waals surface area contributed by atoms with Gasteiger partial charge in [0.1, 0.15) is 18.5 Å². The van der Waals surface area contributed by atoms with Gasteiger partial charge in [-0.05, 0) is 80.7 Å². The van der Waals surface area contributed by atoms with Gasteiger partial charge < -0.3 is 20.1 Å². The van der Waals surface area contributed by atoms with Crippen molar-refractivity contribution in [3.8, 4) is 17.7 Å². The summed E-state index contributed by atoms with van der Waals surface area (Å²) in [7, 11) is 5.44. The van der Waals surface area contributed by atoms with Crippen molar-refractivity contribution >= 4 is 62.3 Å². The minimum Gasteiger partial charge on any atom is -0.487 e. The molecule has 0 bridgehead atoms. The Balaban J connectivity index is 1.11. The first-order valence-electron chi connectivity index (χ1n) is 15.0. The number of pyridine rings is 1. The van der Waals surface area contributed by atoms with Gasteiger partial charge in [0, 0.05) is 47.3 Å². The lowest BCUT2D eigenvalue weighted by Crippen LogP contribution is -2.42. The fourth-order valence-corrected chi connectivity index (χ4v) is 6.71. The molecule has 2 atom stereocenters. The summed E-state index contributed by atoms with van der Waals surface area (Å²) in [6.45, 7) is 6.98. The van der Waals surface area contributed by atoms with Crippen LogP contribution in [0.25, 0.3) is 0 Å². The molecule has 1 aromatic heterocycles. The first-order chi connectivity index (χ1) is 21.1. The van der Waals surface area contributed by atoms with Crippen molar-refractivity contribution in [1.29, 1.82) is 5.26 Å². The number of hydrogen-bond donors (Lipinski definition) is 2. The van der Waals surface area contributed by atoms with Crippen molar-refractivity contribution in [2.24, 2.45) is 5.41 Å². The van der Waals surface area contributed by atoms with E-state index in [2.05, 4.69) is 69.0 Å². The van der Waals surface area contributed by atoms with Gasteiger partial charge in [0.05, 0.1) is 29.7 Å². The fraction of sp³-hybridized carbons (Fsp3) is 0.424. The fourth-order valence-electron chi connectivity index (χ4n) is 5.45. The third-order valence-corrected chi connectivity index (χ3v) is 9.77. The Morgan fingerprint density at radius 1 is 1.14 bits per heavy atom. The molecular weight excluding hydrogens is 656 g/mol. The number of rotatable bonds is 12. The van der Waals surface area contributed by atoms with E-state index < -0.39 is 0 Å². The number of nitrogens with zero attached hydrogens (tertiary/aromatic N) is 3. The summed E-state index contributed by atoms with van der Waals surface area (Å²) in [6.07, 6.45) is 4.33. The highest BCUT2D eigenvalue weighted by Gasteiger charge is 2.42. The van der Waals surface area contributed by atoms with Crippen LogP contribution in [0, 0.1) is 30.6 Å². The van der Waals surface area contributed by atoms with Crippen molar-refractivity contribution < 1.29 is 14.3 Å². The predicted octanol–water partition coefficient (Wildman–Crippen LogP) is 5.63.